The molecular weight excluding hydrogens is 357 g/mol. The molecule has 0 aromatic heterocycles. The first-order valence-electron chi connectivity index (χ1n) is 5.52. The van der Waals surface area contributed by atoms with E-state index in [4.69, 9.17) is 22.3 Å². The predicted octanol–water partition coefficient (Wildman–Crippen LogP) is 3.07. The van der Waals surface area contributed by atoms with Crippen LogP contribution in [0.1, 0.15) is 0 Å². The van der Waals surface area contributed by atoms with Gasteiger partial charge in [-0.15, -0.1) is 0 Å². The second-order valence-corrected chi connectivity index (χ2v) is 8.71. The summed E-state index contributed by atoms with van der Waals surface area (Å²) in [5.41, 5.74) is 0.341. The fourth-order valence-electron chi connectivity index (χ4n) is 1.51. The molecule has 9 heteroatoms. The van der Waals surface area contributed by atoms with Crippen LogP contribution in [0.15, 0.2) is 58.3 Å². The lowest BCUT2D eigenvalue weighted by atomic mass is 10.3. The van der Waals surface area contributed by atoms with E-state index in [1.54, 1.807) is 12.1 Å². The molecule has 0 unspecified atom stereocenters. The van der Waals surface area contributed by atoms with E-state index in [0.29, 0.717) is 10.7 Å². The molecule has 0 atom stereocenters. The van der Waals surface area contributed by atoms with E-state index in [1.165, 1.54) is 12.1 Å². The van der Waals surface area contributed by atoms with E-state index < -0.39 is 19.1 Å². The summed E-state index contributed by atoms with van der Waals surface area (Å²) >= 11 is 5.71. The Hall–Kier alpha value is -1.28. The van der Waals surface area contributed by atoms with E-state index in [1.807, 2.05) is 0 Å². The number of hydrogen-bond donors (Lipinski definition) is 1. The van der Waals surface area contributed by atoms with Gasteiger partial charge in [0.15, 0.2) is 0 Å². The first kappa shape index (κ1) is 16.1. The van der Waals surface area contributed by atoms with Crippen molar-refractivity contribution in [2.45, 2.75) is 9.79 Å². The van der Waals surface area contributed by atoms with Gasteiger partial charge in [0.25, 0.3) is 19.1 Å². The van der Waals surface area contributed by atoms with Gasteiger partial charge in [-0.05, 0) is 48.5 Å². The Morgan fingerprint density at radius 3 is 1.71 bits per heavy atom. The Morgan fingerprint density at radius 2 is 1.24 bits per heavy atom. The van der Waals surface area contributed by atoms with Gasteiger partial charge in [0.05, 0.1) is 9.79 Å². The minimum absolute atomic E-state index is 0.0819. The van der Waals surface area contributed by atoms with Crippen molar-refractivity contribution < 1.29 is 16.8 Å². The number of halogens is 2. The van der Waals surface area contributed by atoms with Crippen molar-refractivity contribution in [2.24, 2.45) is 0 Å². The lowest BCUT2D eigenvalue weighted by molar-refractivity contribution is 0.600. The third-order valence-electron chi connectivity index (χ3n) is 2.51. The zero-order valence-electron chi connectivity index (χ0n) is 10.3. The molecule has 0 fully saturated rings. The molecule has 2 aromatic carbocycles. The minimum Gasteiger partial charge on any atom is -0.280 e. The molecule has 0 aliphatic carbocycles. The highest BCUT2D eigenvalue weighted by molar-refractivity contribution is 8.13. The highest BCUT2D eigenvalue weighted by atomic mass is 35.7. The third kappa shape index (κ3) is 4.10. The molecule has 2 rings (SSSR count). The largest absolute Gasteiger partial charge is 0.280 e. The second-order valence-electron chi connectivity index (χ2n) is 4.02. The van der Waals surface area contributed by atoms with Crippen LogP contribution in [0.5, 0.6) is 0 Å². The van der Waals surface area contributed by atoms with Crippen LogP contribution in [-0.2, 0) is 19.1 Å². The highest BCUT2D eigenvalue weighted by Crippen LogP contribution is 2.21. The standard InChI is InChI=1S/C12H9Cl2NO4S2/c13-9-1-3-10(4-2-9)15-21(18,19)12-7-5-11(6-8-12)20(14,16)17/h1-8,15H. The maximum absolute atomic E-state index is 12.1. The molecule has 0 saturated carbocycles. The molecule has 2 aromatic rings. The first-order valence-corrected chi connectivity index (χ1v) is 9.69. The molecule has 5 nitrogen and oxygen atoms in total. The summed E-state index contributed by atoms with van der Waals surface area (Å²) < 4.78 is 48.8. The molecule has 1 N–H and O–H groups in total. The highest BCUT2D eigenvalue weighted by Gasteiger charge is 2.16. The normalized spacial score (nSPS) is 12.1. The topological polar surface area (TPSA) is 80.3 Å². The Bertz CT molecular complexity index is 845. The summed E-state index contributed by atoms with van der Waals surface area (Å²) in [7, 11) is -2.54. The van der Waals surface area contributed by atoms with Crippen molar-refractivity contribution in [3.05, 3.63) is 53.6 Å². The van der Waals surface area contributed by atoms with Gasteiger partial charge in [0.1, 0.15) is 0 Å². The van der Waals surface area contributed by atoms with Gasteiger partial charge in [0, 0.05) is 21.4 Å². The fraction of sp³-hybridized carbons (Fsp3) is 0. The summed E-state index contributed by atoms with van der Waals surface area (Å²) in [6.07, 6.45) is 0. The molecule has 0 aliphatic heterocycles. The van der Waals surface area contributed by atoms with Crippen LogP contribution in [0.25, 0.3) is 0 Å². The Labute approximate surface area is 132 Å². The summed E-state index contributed by atoms with van der Waals surface area (Å²) in [6, 6.07) is 10.7. The van der Waals surface area contributed by atoms with Gasteiger partial charge in [-0.1, -0.05) is 11.6 Å². The van der Waals surface area contributed by atoms with Crippen molar-refractivity contribution >= 4 is 47.0 Å². The van der Waals surface area contributed by atoms with Gasteiger partial charge < -0.3 is 0 Å². The number of sulfonamides is 1. The molecule has 0 amide bonds. The zero-order valence-corrected chi connectivity index (χ0v) is 13.5. The quantitative estimate of drug-likeness (QED) is 0.844. The number of benzene rings is 2. The van der Waals surface area contributed by atoms with Crippen molar-refractivity contribution in [1.29, 1.82) is 0 Å². The molecular formula is C12H9Cl2NO4S2. The van der Waals surface area contributed by atoms with Crippen molar-refractivity contribution in [1.82, 2.24) is 0 Å². The summed E-state index contributed by atoms with van der Waals surface area (Å²) in [6.45, 7) is 0. The average molecular weight is 366 g/mol. The molecule has 21 heavy (non-hydrogen) atoms. The van der Waals surface area contributed by atoms with E-state index in [-0.39, 0.29) is 9.79 Å². The Kier molecular flexibility index (Phi) is 4.48. The smallest absolute Gasteiger partial charge is 0.261 e. The van der Waals surface area contributed by atoms with Gasteiger partial charge in [-0.25, -0.2) is 16.8 Å². The lowest BCUT2D eigenvalue weighted by Gasteiger charge is -2.08. The molecule has 0 bridgehead atoms. The summed E-state index contributed by atoms with van der Waals surface area (Å²) in [5.74, 6) is 0. The summed E-state index contributed by atoms with van der Waals surface area (Å²) in [4.78, 5) is -0.254. The van der Waals surface area contributed by atoms with Gasteiger partial charge in [-0.3, -0.25) is 4.72 Å². The monoisotopic (exact) mass is 365 g/mol. The number of hydrogen-bond acceptors (Lipinski definition) is 4. The maximum Gasteiger partial charge on any atom is 0.261 e. The SMILES string of the molecule is O=S(=O)(Cl)c1ccc(S(=O)(=O)Nc2ccc(Cl)cc2)cc1. The van der Waals surface area contributed by atoms with Crippen molar-refractivity contribution in [2.75, 3.05) is 4.72 Å². The van der Waals surface area contributed by atoms with Crippen LogP contribution in [0.2, 0.25) is 5.02 Å². The van der Waals surface area contributed by atoms with E-state index in [0.717, 1.165) is 24.3 Å². The number of nitrogens with one attached hydrogen (secondary N) is 1. The Morgan fingerprint density at radius 1 is 0.762 bits per heavy atom. The Balaban J connectivity index is 2.29. The first-order chi connectivity index (χ1) is 9.68. The maximum atomic E-state index is 12.1. The van der Waals surface area contributed by atoms with Crippen molar-refractivity contribution in [3.8, 4) is 0 Å². The number of anilines is 1. The predicted molar refractivity (Wildman–Crippen MR) is 81.7 cm³/mol. The molecule has 0 spiro atoms. The fourth-order valence-corrected chi connectivity index (χ4v) is 3.47. The lowest BCUT2D eigenvalue weighted by Crippen LogP contribution is -2.12. The molecule has 0 saturated heterocycles. The summed E-state index contributed by atoms with van der Waals surface area (Å²) in [5, 5.41) is 0.481. The third-order valence-corrected chi connectivity index (χ3v) is 5.53. The molecule has 0 radical (unpaired) electrons. The van der Waals surface area contributed by atoms with Crippen LogP contribution in [0, 0.1) is 0 Å². The van der Waals surface area contributed by atoms with E-state index >= 15 is 0 Å². The van der Waals surface area contributed by atoms with Gasteiger partial charge >= 0.3 is 0 Å². The average Bonchev–Trinajstić information content (AvgIpc) is 2.40. The van der Waals surface area contributed by atoms with E-state index in [2.05, 4.69) is 4.72 Å². The van der Waals surface area contributed by atoms with Crippen molar-refractivity contribution in [3.63, 3.8) is 0 Å². The molecule has 112 valence electrons. The zero-order chi connectivity index (χ0) is 15.7. The minimum atomic E-state index is -3.89. The van der Waals surface area contributed by atoms with Crippen LogP contribution in [-0.4, -0.2) is 16.8 Å². The van der Waals surface area contributed by atoms with Gasteiger partial charge in [0.2, 0.25) is 0 Å². The van der Waals surface area contributed by atoms with Crippen LogP contribution < -0.4 is 4.72 Å². The van der Waals surface area contributed by atoms with Crippen LogP contribution in [0.4, 0.5) is 5.69 Å². The molecule has 0 aliphatic rings. The van der Waals surface area contributed by atoms with Crippen LogP contribution >= 0.6 is 22.3 Å². The molecule has 0 heterocycles. The van der Waals surface area contributed by atoms with E-state index in [9.17, 15) is 16.8 Å². The second kappa shape index (κ2) is 5.84. The van der Waals surface area contributed by atoms with Gasteiger partial charge in [-0.2, -0.15) is 0 Å². The van der Waals surface area contributed by atoms with Crippen LogP contribution in [0.3, 0.4) is 0 Å². The number of rotatable bonds is 4.